The van der Waals surface area contributed by atoms with Crippen molar-refractivity contribution in [2.24, 2.45) is 0 Å². The number of benzene rings is 3. The number of aromatic nitrogens is 2. The van der Waals surface area contributed by atoms with Gasteiger partial charge < -0.3 is 14.5 Å². The molecule has 0 bridgehead atoms. The molecule has 1 aliphatic heterocycles. The van der Waals surface area contributed by atoms with Gasteiger partial charge in [0.05, 0.1) is 42.3 Å². The smallest absolute Gasteiger partial charge is 0.240 e. The number of furan rings is 1. The molecule has 0 aliphatic carbocycles. The normalized spacial score (nSPS) is 14.8. The standard InChI is InChI=1S/C32H27ClN4O4S/c1-40-23-15-13-22(14-16-23)37-32-29(30(35-37)21-8-3-2-4-9-21)31(25-11-5-6-12-26(25)33)42-20-28(39)36(32)19-27(38)34-18-24-10-7-17-41-24/h2-17,31H,18-20H2,1H3,(H,34,38)/t31-/m0/s1. The molecule has 0 fully saturated rings. The van der Waals surface area contributed by atoms with Crippen LogP contribution in [-0.4, -0.2) is 41.0 Å². The van der Waals surface area contributed by atoms with Crippen LogP contribution in [0, 0.1) is 0 Å². The quantitative estimate of drug-likeness (QED) is 0.226. The Balaban J connectivity index is 1.54. The van der Waals surface area contributed by atoms with Crippen LogP contribution in [0.3, 0.4) is 0 Å². The number of hydrogen-bond acceptors (Lipinski definition) is 6. The average molecular weight is 599 g/mol. The number of amides is 2. The van der Waals surface area contributed by atoms with Gasteiger partial charge in [-0.2, -0.15) is 5.10 Å². The number of nitrogens with zero attached hydrogens (tertiary/aromatic N) is 3. The summed E-state index contributed by atoms with van der Waals surface area (Å²) >= 11 is 8.23. The molecule has 3 heterocycles. The summed E-state index contributed by atoms with van der Waals surface area (Å²) in [6.45, 7) is 0.0170. The molecular weight excluding hydrogens is 572 g/mol. The van der Waals surface area contributed by atoms with Gasteiger partial charge in [-0.15, -0.1) is 11.8 Å². The van der Waals surface area contributed by atoms with Gasteiger partial charge in [0.2, 0.25) is 11.8 Å². The third kappa shape index (κ3) is 5.53. The van der Waals surface area contributed by atoms with Gasteiger partial charge in [-0.05, 0) is 48.0 Å². The molecule has 0 saturated carbocycles. The number of nitrogens with one attached hydrogen (secondary N) is 1. The molecule has 212 valence electrons. The first-order valence-corrected chi connectivity index (χ1v) is 14.7. The number of hydrogen-bond donors (Lipinski definition) is 1. The number of thioether (sulfide) groups is 1. The van der Waals surface area contributed by atoms with Crippen LogP contribution in [0.25, 0.3) is 16.9 Å². The lowest BCUT2D eigenvalue weighted by atomic mass is 9.99. The van der Waals surface area contributed by atoms with Gasteiger partial charge >= 0.3 is 0 Å². The van der Waals surface area contributed by atoms with E-state index in [9.17, 15) is 9.59 Å². The summed E-state index contributed by atoms with van der Waals surface area (Å²) in [5, 5.41) is 8.23. The van der Waals surface area contributed by atoms with Crippen molar-refractivity contribution < 1.29 is 18.7 Å². The number of fused-ring (bicyclic) bond motifs is 1. The summed E-state index contributed by atoms with van der Waals surface area (Å²) in [5.74, 6) is 1.44. The van der Waals surface area contributed by atoms with Gasteiger partial charge in [0.15, 0.2) is 0 Å². The van der Waals surface area contributed by atoms with E-state index >= 15 is 0 Å². The lowest BCUT2D eigenvalue weighted by Gasteiger charge is -2.23. The first-order chi connectivity index (χ1) is 20.5. The average Bonchev–Trinajstić information content (AvgIpc) is 3.66. The Labute approximate surface area is 252 Å². The zero-order valence-corrected chi connectivity index (χ0v) is 24.3. The van der Waals surface area contributed by atoms with E-state index in [0.717, 1.165) is 16.7 Å². The van der Waals surface area contributed by atoms with E-state index in [1.807, 2.05) is 78.9 Å². The van der Waals surface area contributed by atoms with Crippen LogP contribution in [0.2, 0.25) is 5.02 Å². The maximum absolute atomic E-state index is 13.8. The molecule has 2 amide bonds. The predicted octanol–water partition coefficient (Wildman–Crippen LogP) is 6.28. The number of ether oxygens (including phenoxy) is 1. The Morgan fingerprint density at radius 2 is 1.81 bits per heavy atom. The highest BCUT2D eigenvalue weighted by atomic mass is 35.5. The zero-order chi connectivity index (χ0) is 29.1. The Kier molecular flexibility index (Phi) is 8.03. The molecule has 0 spiro atoms. The summed E-state index contributed by atoms with van der Waals surface area (Å²) in [5.41, 5.74) is 3.98. The molecule has 0 unspecified atom stereocenters. The highest BCUT2D eigenvalue weighted by Gasteiger charge is 2.38. The predicted molar refractivity (Wildman–Crippen MR) is 164 cm³/mol. The lowest BCUT2D eigenvalue weighted by molar-refractivity contribution is -0.123. The molecule has 10 heteroatoms. The van der Waals surface area contributed by atoms with E-state index in [1.165, 1.54) is 16.7 Å². The molecule has 42 heavy (non-hydrogen) atoms. The van der Waals surface area contributed by atoms with E-state index in [-0.39, 0.29) is 35.9 Å². The Hall–Kier alpha value is -4.47. The van der Waals surface area contributed by atoms with Crippen LogP contribution in [-0.2, 0) is 16.1 Å². The minimum Gasteiger partial charge on any atom is -0.497 e. The number of methoxy groups -OCH3 is 1. The van der Waals surface area contributed by atoms with Crippen molar-refractivity contribution in [1.29, 1.82) is 0 Å². The van der Waals surface area contributed by atoms with Gasteiger partial charge in [-0.25, -0.2) is 4.68 Å². The van der Waals surface area contributed by atoms with E-state index in [1.54, 1.807) is 30.2 Å². The van der Waals surface area contributed by atoms with E-state index < -0.39 is 0 Å². The first-order valence-electron chi connectivity index (χ1n) is 13.3. The zero-order valence-electron chi connectivity index (χ0n) is 22.7. The summed E-state index contributed by atoms with van der Waals surface area (Å²) in [6.07, 6.45) is 1.55. The van der Waals surface area contributed by atoms with Crippen LogP contribution >= 0.6 is 23.4 Å². The molecular formula is C32H27ClN4O4S. The molecule has 0 saturated heterocycles. The van der Waals surface area contributed by atoms with Gasteiger partial charge in [0.25, 0.3) is 0 Å². The fourth-order valence-corrected chi connectivity index (χ4v) is 6.51. The third-order valence-electron chi connectivity index (χ3n) is 6.98. The number of carbonyl (C=O) groups is 2. The Morgan fingerprint density at radius 3 is 2.52 bits per heavy atom. The van der Waals surface area contributed by atoms with Crippen molar-refractivity contribution in [2.75, 3.05) is 24.3 Å². The van der Waals surface area contributed by atoms with Crippen molar-refractivity contribution in [1.82, 2.24) is 15.1 Å². The largest absolute Gasteiger partial charge is 0.497 e. The fraction of sp³-hybridized carbons (Fsp3) is 0.156. The van der Waals surface area contributed by atoms with Crippen LogP contribution in [0.1, 0.15) is 22.1 Å². The van der Waals surface area contributed by atoms with Crippen molar-refractivity contribution >= 4 is 41.0 Å². The number of rotatable bonds is 8. The molecule has 1 aliphatic rings. The molecule has 0 radical (unpaired) electrons. The number of carbonyl (C=O) groups excluding carboxylic acids is 2. The second-order valence-electron chi connectivity index (χ2n) is 9.61. The summed E-state index contributed by atoms with van der Waals surface area (Å²) in [7, 11) is 1.61. The summed E-state index contributed by atoms with van der Waals surface area (Å²) < 4.78 is 12.5. The monoisotopic (exact) mass is 598 g/mol. The second kappa shape index (κ2) is 12.2. The molecule has 3 aromatic carbocycles. The van der Waals surface area contributed by atoms with Crippen LogP contribution in [0.15, 0.2) is 102 Å². The van der Waals surface area contributed by atoms with Crippen molar-refractivity contribution in [2.45, 2.75) is 11.8 Å². The van der Waals surface area contributed by atoms with Gasteiger partial charge in [-0.1, -0.05) is 60.1 Å². The topological polar surface area (TPSA) is 89.6 Å². The molecule has 5 aromatic rings. The van der Waals surface area contributed by atoms with Crippen molar-refractivity contribution in [3.63, 3.8) is 0 Å². The Bertz CT molecular complexity index is 1700. The maximum atomic E-state index is 13.8. The van der Waals surface area contributed by atoms with Crippen molar-refractivity contribution in [3.05, 3.63) is 119 Å². The number of halogens is 1. The van der Waals surface area contributed by atoms with Crippen molar-refractivity contribution in [3.8, 4) is 22.7 Å². The van der Waals surface area contributed by atoms with Crippen LogP contribution < -0.4 is 15.0 Å². The fourth-order valence-electron chi connectivity index (χ4n) is 4.96. The Morgan fingerprint density at radius 1 is 1.05 bits per heavy atom. The highest BCUT2D eigenvalue weighted by molar-refractivity contribution is 8.00. The number of anilines is 1. The van der Waals surface area contributed by atoms with Gasteiger partial charge in [0.1, 0.15) is 23.9 Å². The molecule has 2 aromatic heterocycles. The third-order valence-corrected chi connectivity index (χ3v) is 8.56. The molecule has 6 rings (SSSR count). The van der Waals surface area contributed by atoms with Gasteiger partial charge in [0, 0.05) is 16.1 Å². The second-order valence-corrected chi connectivity index (χ2v) is 11.1. The molecule has 1 N–H and O–H groups in total. The van der Waals surface area contributed by atoms with Crippen LogP contribution in [0.4, 0.5) is 5.82 Å². The van der Waals surface area contributed by atoms with E-state index in [2.05, 4.69) is 5.32 Å². The molecule has 8 nitrogen and oxygen atoms in total. The summed E-state index contributed by atoms with van der Waals surface area (Å²) in [6, 6.07) is 28.4. The van der Waals surface area contributed by atoms with E-state index in [4.69, 9.17) is 25.9 Å². The minimum absolute atomic E-state index is 0.146. The maximum Gasteiger partial charge on any atom is 0.240 e. The molecule has 1 atom stereocenters. The van der Waals surface area contributed by atoms with E-state index in [0.29, 0.717) is 33.7 Å². The summed E-state index contributed by atoms with van der Waals surface area (Å²) in [4.78, 5) is 28.6. The minimum atomic E-state index is -0.323. The highest BCUT2D eigenvalue weighted by Crippen LogP contribution is 2.49. The SMILES string of the molecule is COc1ccc(-n2nc(-c3ccccc3)c3c2N(CC(=O)NCc2ccco2)C(=O)CS[C@H]3c2ccccc2Cl)cc1. The van der Waals surface area contributed by atoms with Gasteiger partial charge in [-0.3, -0.25) is 14.5 Å². The van der Waals surface area contributed by atoms with Crippen LogP contribution in [0.5, 0.6) is 5.75 Å². The lowest BCUT2D eigenvalue weighted by Crippen LogP contribution is -2.42. The first kappa shape index (κ1) is 27.7.